The predicted molar refractivity (Wildman–Crippen MR) is 109 cm³/mol. The van der Waals surface area contributed by atoms with E-state index >= 15 is 0 Å². The van der Waals surface area contributed by atoms with Gasteiger partial charge in [0.15, 0.2) is 0 Å². The van der Waals surface area contributed by atoms with E-state index in [4.69, 9.17) is 4.18 Å². The van der Waals surface area contributed by atoms with Gasteiger partial charge in [-0.2, -0.15) is 0 Å². The first kappa shape index (κ1) is 18.7. The molecule has 0 amide bonds. The van der Waals surface area contributed by atoms with Gasteiger partial charge in [0, 0.05) is 16.3 Å². The number of hydrogen-bond donors (Lipinski definition) is 2. The third-order valence-corrected chi connectivity index (χ3v) is 4.09. The predicted octanol–water partition coefficient (Wildman–Crippen LogP) is 5.69. The Kier molecular flexibility index (Phi) is 7.73. The fraction of sp³-hybridized carbons (Fsp3) is 0.143. The SMILES string of the molecule is C=C/C=C\C(=C/C)NCNc1cccc(SOc2cccc(C)c2)c1. The maximum atomic E-state index is 5.78. The van der Waals surface area contributed by atoms with Gasteiger partial charge in [0.05, 0.1) is 18.7 Å². The van der Waals surface area contributed by atoms with Gasteiger partial charge in [-0.15, -0.1) is 0 Å². The standard InChI is InChI=1S/C21H24N2OS/c1-4-6-10-18(5-2)22-16-23-19-11-8-13-21(15-19)25-24-20-12-7-9-17(3)14-20/h4-15,22-23H,1,16H2,2-3H3/b10-6-,18-5+. The Morgan fingerprint density at radius 1 is 1.20 bits per heavy atom. The van der Waals surface area contributed by atoms with Crippen molar-refractivity contribution in [1.82, 2.24) is 5.32 Å². The van der Waals surface area contributed by atoms with E-state index in [1.54, 1.807) is 6.08 Å². The zero-order valence-corrected chi connectivity index (χ0v) is 15.5. The van der Waals surface area contributed by atoms with Gasteiger partial charge < -0.3 is 14.8 Å². The van der Waals surface area contributed by atoms with Crippen LogP contribution in [0, 0.1) is 6.92 Å². The molecule has 2 N–H and O–H groups in total. The largest absolute Gasteiger partial charge is 0.421 e. The van der Waals surface area contributed by atoms with Crippen LogP contribution < -0.4 is 14.8 Å². The summed E-state index contributed by atoms with van der Waals surface area (Å²) in [5, 5.41) is 6.67. The molecule has 4 heteroatoms. The highest BCUT2D eigenvalue weighted by Gasteiger charge is 2.00. The molecule has 0 saturated carbocycles. The fourth-order valence-electron chi connectivity index (χ4n) is 2.10. The first-order valence-corrected chi connectivity index (χ1v) is 8.90. The maximum Gasteiger partial charge on any atom is 0.138 e. The average Bonchev–Trinajstić information content (AvgIpc) is 2.63. The molecule has 2 aromatic carbocycles. The molecule has 2 rings (SSSR count). The summed E-state index contributed by atoms with van der Waals surface area (Å²) in [4.78, 5) is 1.05. The van der Waals surface area contributed by atoms with Crippen molar-refractivity contribution in [2.45, 2.75) is 18.7 Å². The minimum atomic E-state index is 0.633. The third kappa shape index (κ3) is 6.81. The van der Waals surface area contributed by atoms with Crippen LogP contribution in [0.1, 0.15) is 12.5 Å². The van der Waals surface area contributed by atoms with Crippen molar-refractivity contribution in [2.24, 2.45) is 0 Å². The Labute approximate surface area is 154 Å². The van der Waals surface area contributed by atoms with E-state index in [-0.39, 0.29) is 0 Å². The van der Waals surface area contributed by atoms with Crippen molar-refractivity contribution < 1.29 is 4.18 Å². The lowest BCUT2D eigenvalue weighted by Gasteiger charge is -2.11. The highest BCUT2D eigenvalue weighted by atomic mass is 32.2. The molecule has 0 aliphatic carbocycles. The summed E-state index contributed by atoms with van der Waals surface area (Å²) in [5.74, 6) is 0.858. The fourth-order valence-corrected chi connectivity index (χ4v) is 2.70. The van der Waals surface area contributed by atoms with Gasteiger partial charge in [0.1, 0.15) is 5.75 Å². The van der Waals surface area contributed by atoms with Crippen LogP contribution in [-0.4, -0.2) is 6.67 Å². The molecule has 0 heterocycles. The van der Waals surface area contributed by atoms with Crippen LogP contribution in [0.2, 0.25) is 0 Å². The number of rotatable bonds is 9. The zero-order chi connectivity index (χ0) is 17.9. The Balaban J connectivity index is 1.86. The van der Waals surface area contributed by atoms with Crippen molar-refractivity contribution in [2.75, 3.05) is 12.0 Å². The van der Waals surface area contributed by atoms with Gasteiger partial charge in [0.2, 0.25) is 0 Å². The summed E-state index contributed by atoms with van der Waals surface area (Å²) >= 11 is 1.36. The highest BCUT2D eigenvalue weighted by Crippen LogP contribution is 2.25. The molecule has 3 nitrogen and oxygen atoms in total. The first-order valence-electron chi connectivity index (χ1n) is 8.15. The topological polar surface area (TPSA) is 33.3 Å². The van der Waals surface area contributed by atoms with Gasteiger partial charge in [-0.05, 0) is 55.8 Å². The minimum absolute atomic E-state index is 0.633. The lowest BCUT2D eigenvalue weighted by atomic mass is 10.2. The molecule has 0 fully saturated rings. The molecule has 130 valence electrons. The Morgan fingerprint density at radius 3 is 2.80 bits per heavy atom. The number of hydrogen-bond acceptors (Lipinski definition) is 4. The van der Waals surface area contributed by atoms with E-state index in [1.807, 2.05) is 61.5 Å². The van der Waals surface area contributed by atoms with Crippen molar-refractivity contribution in [3.8, 4) is 5.75 Å². The lowest BCUT2D eigenvalue weighted by Crippen LogP contribution is -2.20. The molecule has 0 atom stereocenters. The second kappa shape index (κ2) is 10.3. The Bertz CT molecular complexity index is 753. The monoisotopic (exact) mass is 352 g/mol. The molecular weight excluding hydrogens is 328 g/mol. The van der Waals surface area contributed by atoms with Crippen LogP contribution >= 0.6 is 12.0 Å². The van der Waals surface area contributed by atoms with Crippen LogP contribution in [0.3, 0.4) is 0 Å². The highest BCUT2D eigenvalue weighted by molar-refractivity contribution is 7.95. The summed E-state index contributed by atoms with van der Waals surface area (Å²) in [5.41, 5.74) is 3.26. The Morgan fingerprint density at radius 2 is 2.04 bits per heavy atom. The van der Waals surface area contributed by atoms with E-state index < -0.39 is 0 Å². The number of allylic oxidation sites excluding steroid dienone is 4. The molecular formula is C21H24N2OS. The summed E-state index contributed by atoms with van der Waals surface area (Å²) in [6.07, 6.45) is 7.66. The van der Waals surface area contributed by atoms with Crippen molar-refractivity contribution in [3.63, 3.8) is 0 Å². The van der Waals surface area contributed by atoms with E-state index in [1.165, 1.54) is 17.6 Å². The van der Waals surface area contributed by atoms with E-state index in [0.717, 1.165) is 22.0 Å². The summed E-state index contributed by atoms with van der Waals surface area (Å²) in [7, 11) is 0. The lowest BCUT2D eigenvalue weighted by molar-refractivity contribution is 0.645. The van der Waals surface area contributed by atoms with Crippen LogP contribution in [0.4, 0.5) is 5.69 Å². The van der Waals surface area contributed by atoms with Gasteiger partial charge in [0.25, 0.3) is 0 Å². The molecule has 0 spiro atoms. The second-order valence-corrected chi connectivity index (χ2v) is 6.18. The second-order valence-electron chi connectivity index (χ2n) is 5.38. The van der Waals surface area contributed by atoms with E-state index in [0.29, 0.717) is 6.67 Å². The average molecular weight is 353 g/mol. The van der Waals surface area contributed by atoms with Gasteiger partial charge in [-0.1, -0.05) is 43.0 Å². The van der Waals surface area contributed by atoms with Gasteiger partial charge >= 0.3 is 0 Å². The summed E-state index contributed by atoms with van der Waals surface area (Å²) < 4.78 is 5.78. The number of benzene rings is 2. The molecule has 2 aromatic rings. The van der Waals surface area contributed by atoms with Crippen molar-refractivity contribution in [1.29, 1.82) is 0 Å². The van der Waals surface area contributed by atoms with Crippen LogP contribution in [0.15, 0.2) is 90.0 Å². The van der Waals surface area contributed by atoms with Crippen molar-refractivity contribution >= 4 is 17.7 Å². The van der Waals surface area contributed by atoms with Crippen molar-refractivity contribution in [3.05, 3.63) is 90.7 Å². The van der Waals surface area contributed by atoms with Crippen LogP contribution in [-0.2, 0) is 0 Å². The number of nitrogens with one attached hydrogen (secondary N) is 2. The molecule has 0 unspecified atom stereocenters. The third-order valence-electron chi connectivity index (χ3n) is 3.37. The molecule has 0 bridgehead atoms. The normalized spacial score (nSPS) is 11.4. The first-order chi connectivity index (χ1) is 12.2. The number of anilines is 1. The molecule has 0 aliphatic rings. The molecule has 0 radical (unpaired) electrons. The molecule has 0 aromatic heterocycles. The smallest absolute Gasteiger partial charge is 0.138 e. The summed E-state index contributed by atoms with van der Waals surface area (Å²) in [6, 6.07) is 16.2. The minimum Gasteiger partial charge on any atom is -0.421 e. The molecule has 0 saturated heterocycles. The van der Waals surface area contributed by atoms with Crippen LogP contribution in [0.25, 0.3) is 0 Å². The van der Waals surface area contributed by atoms with E-state index in [9.17, 15) is 0 Å². The number of aryl methyl sites for hydroxylation is 1. The van der Waals surface area contributed by atoms with E-state index in [2.05, 4.69) is 36.3 Å². The maximum absolute atomic E-state index is 5.78. The van der Waals surface area contributed by atoms with Gasteiger partial charge in [-0.3, -0.25) is 0 Å². The molecule has 0 aliphatic heterocycles. The quantitative estimate of drug-likeness (QED) is 0.345. The van der Waals surface area contributed by atoms with Gasteiger partial charge in [-0.25, -0.2) is 0 Å². The molecule has 25 heavy (non-hydrogen) atoms. The van der Waals surface area contributed by atoms with Crippen LogP contribution in [0.5, 0.6) is 5.75 Å². The zero-order valence-electron chi connectivity index (χ0n) is 14.7. The summed E-state index contributed by atoms with van der Waals surface area (Å²) in [6.45, 7) is 8.36. The Hall–Kier alpha value is -2.59.